The molecule has 1 N–H and O–H groups in total. The Hall–Kier alpha value is -2.77. The number of unbranched alkanes of at least 4 members (excludes halogenated alkanes) is 2. The summed E-state index contributed by atoms with van der Waals surface area (Å²) >= 11 is 1.42. The molecule has 0 amide bonds. The van der Waals surface area contributed by atoms with Crippen LogP contribution in [0.4, 0.5) is 0 Å². The monoisotopic (exact) mass is 498 g/mol. The average Bonchev–Trinajstić information content (AvgIpc) is 3.43. The first-order valence-corrected chi connectivity index (χ1v) is 13.0. The van der Waals surface area contributed by atoms with E-state index in [-0.39, 0.29) is 23.4 Å². The van der Waals surface area contributed by atoms with Gasteiger partial charge in [0.1, 0.15) is 4.88 Å². The summed E-state index contributed by atoms with van der Waals surface area (Å²) in [6.07, 6.45) is 7.47. The number of hydrogen-bond acceptors (Lipinski definition) is 7. The predicted octanol–water partition coefficient (Wildman–Crippen LogP) is 5.90. The zero-order valence-electron chi connectivity index (χ0n) is 20.6. The van der Waals surface area contributed by atoms with Gasteiger partial charge in [0, 0.05) is 11.8 Å². The Morgan fingerprint density at radius 1 is 1.09 bits per heavy atom. The average molecular weight is 499 g/mol. The summed E-state index contributed by atoms with van der Waals surface area (Å²) in [6.45, 7) is 3.43. The summed E-state index contributed by atoms with van der Waals surface area (Å²) in [7, 11) is 1.37. The molecular formula is C28H34O6S. The van der Waals surface area contributed by atoms with Crippen molar-refractivity contribution < 1.29 is 29.0 Å². The van der Waals surface area contributed by atoms with Gasteiger partial charge in [-0.3, -0.25) is 9.59 Å². The first-order valence-electron chi connectivity index (χ1n) is 12.2. The van der Waals surface area contributed by atoms with Crippen LogP contribution < -0.4 is 0 Å². The smallest absolute Gasteiger partial charge is 0.348 e. The number of hydrogen-bond donors (Lipinski definition) is 1. The third-order valence-electron chi connectivity index (χ3n) is 6.34. The molecule has 0 saturated heterocycles. The Morgan fingerprint density at radius 2 is 1.83 bits per heavy atom. The van der Waals surface area contributed by atoms with Crippen molar-refractivity contribution >= 4 is 29.1 Å². The van der Waals surface area contributed by atoms with E-state index in [9.17, 15) is 19.5 Å². The number of aryl methyl sites for hydroxylation is 1. The molecule has 1 aliphatic rings. The number of carbonyl (C=O) groups excluding carboxylic acids is 3. The molecule has 1 aliphatic carbocycles. The summed E-state index contributed by atoms with van der Waals surface area (Å²) < 4.78 is 9.98. The van der Waals surface area contributed by atoms with Crippen LogP contribution in [0.25, 0.3) is 0 Å². The molecule has 1 unspecified atom stereocenters. The maximum absolute atomic E-state index is 13.1. The summed E-state index contributed by atoms with van der Waals surface area (Å²) in [5.74, 6) is -1.45. The lowest BCUT2D eigenvalue weighted by atomic mass is 9.84. The molecule has 3 atom stereocenters. The summed E-state index contributed by atoms with van der Waals surface area (Å²) in [4.78, 5) is 38.0. The van der Waals surface area contributed by atoms with Crippen LogP contribution in [0.15, 0.2) is 48.2 Å². The summed E-state index contributed by atoms with van der Waals surface area (Å²) in [5.41, 5.74) is 1.70. The van der Waals surface area contributed by atoms with Crippen molar-refractivity contribution in [2.75, 3.05) is 7.11 Å². The molecule has 1 heterocycles. The largest absolute Gasteiger partial charge is 0.465 e. The number of methoxy groups -OCH3 is 1. The molecule has 188 valence electrons. The van der Waals surface area contributed by atoms with Crippen molar-refractivity contribution in [3.05, 3.63) is 69.1 Å². The Balaban J connectivity index is 1.69. The van der Waals surface area contributed by atoms with Gasteiger partial charge in [-0.1, -0.05) is 50.5 Å². The number of aliphatic hydroxyl groups is 1. The van der Waals surface area contributed by atoms with Crippen molar-refractivity contribution in [3.8, 4) is 0 Å². The van der Waals surface area contributed by atoms with E-state index < -0.39 is 18.0 Å². The Morgan fingerprint density at radius 3 is 2.49 bits per heavy atom. The normalized spacial score (nSPS) is 18.3. The maximum Gasteiger partial charge on any atom is 0.348 e. The standard InChI is InChI=1S/C28H34O6S/c1-4-5-6-10-23(30)19-11-13-20(14-12-19)26-21(17-24(27(26)31)34-18(2)29)8-7-9-22-15-16-25(35-22)28(32)33-3/h11-17,21,23,26,30H,4-10H2,1-3H3/t21-,23?,26+/m0/s1. The van der Waals surface area contributed by atoms with E-state index in [1.54, 1.807) is 12.1 Å². The van der Waals surface area contributed by atoms with E-state index in [0.29, 0.717) is 4.88 Å². The van der Waals surface area contributed by atoms with Gasteiger partial charge in [0.15, 0.2) is 5.76 Å². The highest BCUT2D eigenvalue weighted by molar-refractivity contribution is 7.13. The van der Waals surface area contributed by atoms with E-state index in [2.05, 4.69) is 6.92 Å². The third kappa shape index (κ3) is 7.12. The SMILES string of the molecule is CCCCCC(O)c1ccc([C@H]2C(=O)C(OC(C)=O)=C[C@@H]2CCCc2ccc(C(=O)OC)s2)cc1. The van der Waals surface area contributed by atoms with E-state index in [1.165, 1.54) is 25.4 Å². The molecule has 0 spiro atoms. The lowest BCUT2D eigenvalue weighted by Gasteiger charge is -2.19. The fraction of sp³-hybridized carbons (Fsp3) is 0.464. The Kier molecular flexibility index (Phi) is 9.81. The summed E-state index contributed by atoms with van der Waals surface area (Å²) in [6, 6.07) is 11.3. The molecule has 7 heteroatoms. The van der Waals surface area contributed by atoms with Crippen LogP contribution >= 0.6 is 11.3 Å². The second kappa shape index (κ2) is 12.8. The number of rotatable bonds is 12. The number of ether oxygens (including phenoxy) is 2. The molecule has 2 aromatic rings. The zero-order chi connectivity index (χ0) is 25.4. The molecule has 3 rings (SSSR count). The van der Waals surface area contributed by atoms with Crippen molar-refractivity contribution in [1.29, 1.82) is 0 Å². The second-order valence-electron chi connectivity index (χ2n) is 8.96. The van der Waals surface area contributed by atoms with E-state index in [0.717, 1.165) is 60.9 Å². The quantitative estimate of drug-likeness (QED) is 0.289. The van der Waals surface area contributed by atoms with Crippen LogP contribution in [0, 0.1) is 5.92 Å². The topological polar surface area (TPSA) is 89.9 Å². The van der Waals surface area contributed by atoms with Gasteiger partial charge < -0.3 is 14.6 Å². The van der Waals surface area contributed by atoms with E-state index >= 15 is 0 Å². The number of Topliss-reactive ketones (excluding diaryl/α,β-unsaturated/α-hetero) is 1. The van der Waals surface area contributed by atoms with Gasteiger partial charge in [-0.15, -0.1) is 11.3 Å². The van der Waals surface area contributed by atoms with Gasteiger partial charge in [0.2, 0.25) is 5.78 Å². The van der Waals surface area contributed by atoms with E-state index in [4.69, 9.17) is 9.47 Å². The van der Waals surface area contributed by atoms with Gasteiger partial charge in [-0.2, -0.15) is 0 Å². The highest BCUT2D eigenvalue weighted by Crippen LogP contribution is 2.40. The van der Waals surface area contributed by atoms with Crippen LogP contribution in [0.2, 0.25) is 0 Å². The van der Waals surface area contributed by atoms with Crippen LogP contribution in [0.3, 0.4) is 0 Å². The first-order chi connectivity index (χ1) is 16.8. The van der Waals surface area contributed by atoms with Crippen molar-refractivity contribution in [2.45, 2.75) is 70.8 Å². The minimum absolute atomic E-state index is 0.0998. The third-order valence-corrected chi connectivity index (χ3v) is 7.47. The van der Waals surface area contributed by atoms with Gasteiger partial charge in [0.05, 0.1) is 19.1 Å². The van der Waals surface area contributed by atoms with Crippen LogP contribution in [-0.2, 0) is 25.5 Å². The molecule has 6 nitrogen and oxygen atoms in total. The fourth-order valence-electron chi connectivity index (χ4n) is 4.52. The van der Waals surface area contributed by atoms with Crippen LogP contribution in [0.1, 0.15) is 90.1 Å². The minimum Gasteiger partial charge on any atom is -0.465 e. The molecule has 1 aromatic carbocycles. The van der Waals surface area contributed by atoms with Crippen molar-refractivity contribution in [3.63, 3.8) is 0 Å². The number of benzene rings is 1. The number of allylic oxidation sites excluding steroid dienone is 2. The molecule has 0 saturated carbocycles. The molecule has 0 bridgehead atoms. The number of carbonyl (C=O) groups is 3. The Labute approximate surface area is 211 Å². The van der Waals surface area contributed by atoms with Gasteiger partial charge in [0.25, 0.3) is 0 Å². The highest BCUT2D eigenvalue weighted by Gasteiger charge is 2.38. The first kappa shape index (κ1) is 26.8. The molecule has 0 fully saturated rings. The van der Waals surface area contributed by atoms with Crippen LogP contribution in [0.5, 0.6) is 0 Å². The molecule has 0 aliphatic heterocycles. The molecule has 35 heavy (non-hydrogen) atoms. The molecule has 0 radical (unpaired) electrons. The number of esters is 2. The lowest BCUT2D eigenvalue weighted by molar-refractivity contribution is -0.140. The summed E-state index contributed by atoms with van der Waals surface area (Å²) in [5, 5.41) is 10.5. The van der Waals surface area contributed by atoms with Crippen LogP contribution in [-0.4, -0.2) is 29.9 Å². The van der Waals surface area contributed by atoms with Crippen molar-refractivity contribution in [2.24, 2.45) is 5.92 Å². The number of thiophene rings is 1. The van der Waals surface area contributed by atoms with Gasteiger partial charge >= 0.3 is 11.9 Å². The highest BCUT2D eigenvalue weighted by atomic mass is 32.1. The lowest BCUT2D eigenvalue weighted by Crippen LogP contribution is -2.17. The van der Waals surface area contributed by atoms with Crippen molar-refractivity contribution in [1.82, 2.24) is 0 Å². The second-order valence-corrected chi connectivity index (χ2v) is 10.1. The predicted molar refractivity (Wildman–Crippen MR) is 135 cm³/mol. The van der Waals surface area contributed by atoms with E-state index in [1.807, 2.05) is 30.3 Å². The van der Waals surface area contributed by atoms with Gasteiger partial charge in [-0.25, -0.2) is 4.79 Å². The zero-order valence-corrected chi connectivity index (χ0v) is 21.4. The minimum atomic E-state index is -0.513. The fourth-order valence-corrected chi connectivity index (χ4v) is 5.49. The number of ketones is 1. The molecule has 1 aromatic heterocycles. The van der Waals surface area contributed by atoms with Gasteiger partial charge in [-0.05, 0) is 60.9 Å². The Bertz CT molecular complexity index is 1050. The maximum atomic E-state index is 13.1. The number of aliphatic hydroxyl groups excluding tert-OH is 1. The molecular weight excluding hydrogens is 464 g/mol.